The third kappa shape index (κ3) is 5.37. The molecule has 5 nitrogen and oxygen atoms in total. The molecule has 0 bridgehead atoms. The summed E-state index contributed by atoms with van der Waals surface area (Å²) in [6.07, 6.45) is 7.91. The Bertz CT molecular complexity index is 1680. The molecule has 1 aliphatic carbocycles. The Labute approximate surface area is 241 Å². The summed E-state index contributed by atoms with van der Waals surface area (Å²) in [6, 6.07) is 32.2. The Kier molecular flexibility index (Phi) is 7.36. The summed E-state index contributed by atoms with van der Waals surface area (Å²) in [6.45, 7) is 2.40. The van der Waals surface area contributed by atoms with Crippen molar-refractivity contribution >= 4 is 33.5 Å². The second-order valence-corrected chi connectivity index (χ2v) is 11.7. The molecular formula is C36H37N3O2. The topological polar surface area (TPSA) is 74.0 Å². The number of nitrogens with one attached hydrogen (secondary N) is 3. The van der Waals surface area contributed by atoms with Gasteiger partial charge >= 0.3 is 0 Å². The molecule has 5 aromatic rings. The number of aromatic nitrogens is 1. The van der Waals surface area contributed by atoms with Crippen LogP contribution in [0.5, 0.6) is 0 Å². The number of hydrogen-bond donors (Lipinski definition) is 3. The van der Waals surface area contributed by atoms with E-state index in [1.807, 2.05) is 79.9 Å². The molecule has 4 aromatic carbocycles. The molecule has 2 amide bonds. The third-order valence-corrected chi connectivity index (χ3v) is 8.93. The number of carbonyl (C=O) groups is 2. The summed E-state index contributed by atoms with van der Waals surface area (Å²) < 4.78 is 0. The average molecular weight is 544 g/mol. The van der Waals surface area contributed by atoms with E-state index in [0.717, 1.165) is 52.9 Å². The van der Waals surface area contributed by atoms with Gasteiger partial charge < -0.3 is 15.6 Å². The van der Waals surface area contributed by atoms with Gasteiger partial charge in [-0.2, -0.15) is 0 Å². The molecule has 1 heterocycles. The van der Waals surface area contributed by atoms with E-state index in [1.54, 1.807) is 0 Å². The van der Waals surface area contributed by atoms with Crippen molar-refractivity contribution in [1.82, 2.24) is 15.6 Å². The summed E-state index contributed by atoms with van der Waals surface area (Å²) in [7, 11) is 0. The largest absolute Gasteiger partial charge is 0.361 e. The minimum absolute atomic E-state index is 0.101. The molecule has 0 radical (unpaired) electrons. The van der Waals surface area contributed by atoms with Gasteiger partial charge in [-0.05, 0) is 53.8 Å². The van der Waals surface area contributed by atoms with Gasteiger partial charge in [-0.15, -0.1) is 0 Å². The van der Waals surface area contributed by atoms with Gasteiger partial charge in [0.05, 0.1) is 0 Å². The lowest BCUT2D eigenvalue weighted by molar-refractivity contribution is -0.127. The van der Waals surface area contributed by atoms with Crippen LogP contribution < -0.4 is 10.6 Å². The number of hydrogen-bond acceptors (Lipinski definition) is 2. The first-order chi connectivity index (χ1) is 20.0. The van der Waals surface area contributed by atoms with E-state index >= 15 is 0 Å². The number of carbonyl (C=O) groups excluding carboxylic acids is 2. The first kappa shape index (κ1) is 26.8. The molecule has 0 aliphatic heterocycles. The van der Waals surface area contributed by atoms with Gasteiger partial charge in [0, 0.05) is 41.0 Å². The minimum Gasteiger partial charge on any atom is -0.361 e. The van der Waals surface area contributed by atoms with Gasteiger partial charge in [0.25, 0.3) is 5.91 Å². The van der Waals surface area contributed by atoms with E-state index in [4.69, 9.17) is 0 Å². The Morgan fingerprint density at radius 3 is 2.29 bits per heavy atom. The molecule has 1 atom stereocenters. The second-order valence-electron chi connectivity index (χ2n) is 11.7. The van der Waals surface area contributed by atoms with Crippen LogP contribution in [0.15, 0.2) is 103 Å². The van der Waals surface area contributed by atoms with Gasteiger partial charge in [-0.1, -0.05) is 104 Å². The van der Waals surface area contributed by atoms with Gasteiger partial charge in [0.1, 0.15) is 5.54 Å². The molecule has 1 aliphatic rings. The van der Waals surface area contributed by atoms with E-state index in [2.05, 4.69) is 45.9 Å². The molecular weight excluding hydrogens is 506 g/mol. The predicted octanol–water partition coefficient (Wildman–Crippen LogP) is 7.07. The quantitative estimate of drug-likeness (QED) is 0.196. The van der Waals surface area contributed by atoms with Crippen molar-refractivity contribution in [3.8, 4) is 0 Å². The maximum Gasteiger partial charge on any atom is 0.252 e. The fourth-order valence-corrected chi connectivity index (χ4v) is 6.61. The highest BCUT2D eigenvalue weighted by molar-refractivity contribution is 6.08. The smallest absolute Gasteiger partial charge is 0.252 e. The van der Waals surface area contributed by atoms with Crippen molar-refractivity contribution in [1.29, 1.82) is 0 Å². The summed E-state index contributed by atoms with van der Waals surface area (Å²) in [5, 5.41) is 9.42. The Hall–Kier alpha value is -4.38. The van der Waals surface area contributed by atoms with Crippen LogP contribution in [0.1, 0.15) is 60.5 Å². The van der Waals surface area contributed by atoms with Crippen LogP contribution in [0.4, 0.5) is 0 Å². The third-order valence-electron chi connectivity index (χ3n) is 8.93. The molecule has 208 valence electrons. The standard InChI is InChI=1S/C36H37N3O2/c1-35(23-27-24-37-32-20-9-8-18-30(27)32,39-33(40)31-19-12-14-26-13-6-7-17-29(26)31)34(41)38-25-36(21-10-3-11-22-36)28-15-4-2-5-16-28/h2,4-9,12-20,24,37H,3,10-11,21-23,25H2,1H3,(H,38,41)(H,39,40). The SMILES string of the molecule is CC(Cc1c[nH]c2ccccc12)(NC(=O)c1cccc2ccccc12)C(=O)NCC1(c2ccccc2)CCCCC1. The molecule has 3 N–H and O–H groups in total. The van der Waals surface area contributed by atoms with Crippen LogP contribution in [0.2, 0.25) is 0 Å². The maximum absolute atomic E-state index is 14.2. The molecule has 6 rings (SSSR count). The zero-order valence-corrected chi connectivity index (χ0v) is 23.6. The Morgan fingerprint density at radius 2 is 1.49 bits per heavy atom. The first-order valence-corrected chi connectivity index (χ1v) is 14.7. The lowest BCUT2D eigenvalue weighted by Gasteiger charge is -2.39. The zero-order valence-electron chi connectivity index (χ0n) is 23.6. The van der Waals surface area contributed by atoms with Crippen molar-refractivity contribution in [2.24, 2.45) is 0 Å². The maximum atomic E-state index is 14.2. The number of para-hydroxylation sites is 1. The van der Waals surface area contributed by atoms with Gasteiger partial charge in [-0.25, -0.2) is 0 Å². The predicted molar refractivity (Wildman–Crippen MR) is 166 cm³/mol. The van der Waals surface area contributed by atoms with Crippen LogP contribution in [0.25, 0.3) is 21.7 Å². The van der Waals surface area contributed by atoms with E-state index in [1.165, 1.54) is 12.0 Å². The first-order valence-electron chi connectivity index (χ1n) is 14.7. The second kappa shape index (κ2) is 11.2. The summed E-state index contributed by atoms with van der Waals surface area (Å²) in [5.74, 6) is -0.424. The summed E-state index contributed by atoms with van der Waals surface area (Å²) >= 11 is 0. The number of fused-ring (bicyclic) bond motifs is 2. The van der Waals surface area contributed by atoms with E-state index in [0.29, 0.717) is 18.5 Å². The van der Waals surface area contributed by atoms with Crippen LogP contribution >= 0.6 is 0 Å². The number of aromatic amines is 1. The fraction of sp³-hybridized carbons (Fsp3) is 0.278. The Balaban J connectivity index is 1.32. The van der Waals surface area contributed by atoms with Crippen LogP contribution in [0, 0.1) is 0 Å². The van der Waals surface area contributed by atoms with Gasteiger partial charge in [-0.3, -0.25) is 9.59 Å². The number of rotatable bonds is 8. The highest BCUT2D eigenvalue weighted by atomic mass is 16.2. The molecule has 0 saturated heterocycles. The van der Waals surface area contributed by atoms with E-state index in [9.17, 15) is 9.59 Å². The average Bonchev–Trinajstić information content (AvgIpc) is 3.42. The lowest BCUT2D eigenvalue weighted by Crippen LogP contribution is -2.59. The van der Waals surface area contributed by atoms with Crippen LogP contribution in [0.3, 0.4) is 0 Å². The van der Waals surface area contributed by atoms with E-state index in [-0.39, 0.29) is 17.2 Å². The van der Waals surface area contributed by atoms with Crippen molar-refractivity contribution in [2.45, 2.75) is 56.4 Å². The van der Waals surface area contributed by atoms with Crippen LogP contribution in [-0.4, -0.2) is 28.9 Å². The molecule has 1 aromatic heterocycles. The number of amides is 2. The molecule has 1 saturated carbocycles. The minimum atomic E-state index is -1.18. The molecule has 5 heteroatoms. The monoisotopic (exact) mass is 543 g/mol. The van der Waals surface area contributed by atoms with Crippen molar-refractivity contribution in [2.75, 3.05) is 6.54 Å². The highest BCUT2D eigenvalue weighted by Crippen LogP contribution is 2.39. The normalized spacial score (nSPS) is 16.2. The van der Waals surface area contributed by atoms with Crippen molar-refractivity contribution in [3.05, 3.63) is 120 Å². The molecule has 0 spiro atoms. The number of benzene rings is 4. The van der Waals surface area contributed by atoms with Crippen molar-refractivity contribution in [3.63, 3.8) is 0 Å². The summed E-state index contributed by atoms with van der Waals surface area (Å²) in [4.78, 5) is 31.4. The Morgan fingerprint density at radius 1 is 0.805 bits per heavy atom. The lowest BCUT2D eigenvalue weighted by atomic mass is 9.69. The number of H-pyrrole nitrogens is 1. The zero-order chi connectivity index (χ0) is 28.3. The van der Waals surface area contributed by atoms with Gasteiger partial charge in [0.15, 0.2) is 0 Å². The van der Waals surface area contributed by atoms with E-state index < -0.39 is 5.54 Å². The van der Waals surface area contributed by atoms with Crippen molar-refractivity contribution < 1.29 is 9.59 Å². The molecule has 41 heavy (non-hydrogen) atoms. The summed E-state index contributed by atoms with van der Waals surface area (Å²) in [5.41, 5.74) is 2.57. The molecule has 1 unspecified atom stereocenters. The van der Waals surface area contributed by atoms with Gasteiger partial charge in [0.2, 0.25) is 5.91 Å². The fourth-order valence-electron chi connectivity index (χ4n) is 6.61. The van der Waals surface area contributed by atoms with Crippen LogP contribution in [-0.2, 0) is 16.6 Å². The highest BCUT2D eigenvalue weighted by Gasteiger charge is 2.39. The molecule has 1 fully saturated rings.